The van der Waals surface area contributed by atoms with E-state index in [9.17, 15) is 4.79 Å². The standard InChI is InChI=1S/C16H19N3O/c1-12(9-10-13-6-3-2-4-7-13)19-16(20)15-14(17)8-5-11-18-15/h2-8,11-12H,9-10,17H2,1H3,(H,19,20). The molecular weight excluding hydrogens is 250 g/mol. The summed E-state index contributed by atoms with van der Waals surface area (Å²) in [4.78, 5) is 16.0. The lowest BCUT2D eigenvalue weighted by Crippen LogP contribution is -2.33. The number of amides is 1. The second-order valence-corrected chi connectivity index (χ2v) is 4.84. The number of aromatic nitrogens is 1. The molecule has 2 aromatic rings. The van der Waals surface area contributed by atoms with E-state index in [-0.39, 0.29) is 11.9 Å². The Bertz CT molecular complexity index is 569. The molecule has 1 aromatic heterocycles. The molecule has 1 amide bonds. The summed E-state index contributed by atoms with van der Waals surface area (Å²) in [5.41, 5.74) is 7.70. The smallest absolute Gasteiger partial charge is 0.272 e. The number of nitrogens with one attached hydrogen (secondary N) is 1. The van der Waals surface area contributed by atoms with Crippen LogP contribution in [0.4, 0.5) is 5.69 Å². The molecule has 1 unspecified atom stereocenters. The maximum Gasteiger partial charge on any atom is 0.272 e. The number of nitrogen functional groups attached to an aromatic ring is 1. The third-order valence-electron chi connectivity index (χ3n) is 3.14. The summed E-state index contributed by atoms with van der Waals surface area (Å²) in [6.45, 7) is 1.99. The monoisotopic (exact) mass is 269 g/mol. The molecule has 2 rings (SSSR count). The van der Waals surface area contributed by atoms with Gasteiger partial charge in [-0.25, -0.2) is 4.98 Å². The average Bonchev–Trinajstić information content (AvgIpc) is 2.46. The molecule has 3 N–H and O–H groups in total. The number of benzene rings is 1. The molecule has 0 aliphatic carbocycles. The van der Waals surface area contributed by atoms with Crippen molar-refractivity contribution in [3.63, 3.8) is 0 Å². The van der Waals surface area contributed by atoms with Crippen LogP contribution < -0.4 is 11.1 Å². The number of rotatable bonds is 5. The van der Waals surface area contributed by atoms with Gasteiger partial charge in [-0.3, -0.25) is 4.79 Å². The first-order valence-electron chi connectivity index (χ1n) is 6.72. The van der Waals surface area contributed by atoms with Crippen LogP contribution >= 0.6 is 0 Å². The first-order chi connectivity index (χ1) is 9.66. The van der Waals surface area contributed by atoms with E-state index in [0.29, 0.717) is 11.4 Å². The van der Waals surface area contributed by atoms with Gasteiger partial charge in [0.25, 0.3) is 5.91 Å². The Hall–Kier alpha value is -2.36. The minimum absolute atomic E-state index is 0.0733. The van der Waals surface area contributed by atoms with Gasteiger partial charge in [0.05, 0.1) is 5.69 Å². The maximum atomic E-state index is 12.0. The molecule has 0 saturated heterocycles. The number of hydrogen-bond acceptors (Lipinski definition) is 3. The lowest BCUT2D eigenvalue weighted by Gasteiger charge is -2.14. The average molecular weight is 269 g/mol. The molecule has 0 spiro atoms. The van der Waals surface area contributed by atoms with Gasteiger partial charge in [-0.15, -0.1) is 0 Å². The summed E-state index contributed by atoms with van der Waals surface area (Å²) in [5.74, 6) is -0.219. The molecule has 0 radical (unpaired) electrons. The zero-order chi connectivity index (χ0) is 14.4. The molecule has 0 aliphatic rings. The Morgan fingerprint density at radius 2 is 2.00 bits per heavy atom. The van der Waals surface area contributed by atoms with Crippen LogP contribution in [0, 0.1) is 0 Å². The number of anilines is 1. The minimum atomic E-state index is -0.219. The normalized spacial score (nSPS) is 11.8. The number of carbonyl (C=O) groups is 1. The molecule has 1 aromatic carbocycles. The minimum Gasteiger partial charge on any atom is -0.397 e. The van der Waals surface area contributed by atoms with E-state index >= 15 is 0 Å². The highest BCUT2D eigenvalue weighted by molar-refractivity contribution is 5.97. The van der Waals surface area contributed by atoms with Crippen LogP contribution in [0.15, 0.2) is 48.7 Å². The van der Waals surface area contributed by atoms with Crippen molar-refractivity contribution >= 4 is 11.6 Å². The van der Waals surface area contributed by atoms with Gasteiger partial charge in [0, 0.05) is 12.2 Å². The van der Waals surface area contributed by atoms with Crippen LogP contribution in [-0.2, 0) is 6.42 Å². The summed E-state index contributed by atoms with van der Waals surface area (Å²) >= 11 is 0. The molecule has 1 heterocycles. The topological polar surface area (TPSA) is 68.0 Å². The molecular formula is C16H19N3O. The fourth-order valence-electron chi connectivity index (χ4n) is 2.00. The molecule has 0 saturated carbocycles. The Kier molecular flexibility index (Phi) is 4.71. The van der Waals surface area contributed by atoms with Crippen LogP contribution in [0.25, 0.3) is 0 Å². The second-order valence-electron chi connectivity index (χ2n) is 4.84. The summed E-state index contributed by atoms with van der Waals surface area (Å²) < 4.78 is 0. The Morgan fingerprint density at radius 3 is 2.70 bits per heavy atom. The van der Waals surface area contributed by atoms with Gasteiger partial charge in [0.15, 0.2) is 5.69 Å². The van der Waals surface area contributed by atoms with Crippen molar-refractivity contribution in [2.75, 3.05) is 5.73 Å². The van der Waals surface area contributed by atoms with Gasteiger partial charge >= 0.3 is 0 Å². The second kappa shape index (κ2) is 6.70. The predicted octanol–water partition coefficient (Wildman–Crippen LogP) is 2.41. The third kappa shape index (κ3) is 3.82. The summed E-state index contributed by atoms with van der Waals surface area (Å²) in [7, 11) is 0. The highest BCUT2D eigenvalue weighted by Gasteiger charge is 2.13. The third-order valence-corrected chi connectivity index (χ3v) is 3.14. The van der Waals surface area contributed by atoms with E-state index in [1.54, 1.807) is 18.3 Å². The van der Waals surface area contributed by atoms with Crippen molar-refractivity contribution in [2.45, 2.75) is 25.8 Å². The Morgan fingerprint density at radius 1 is 1.25 bits per heavy atom. The van der Waals surface area contributed by atoms with Gasteiger partial charge in [-0.05, 0) is 37.5 Å². The predicted molar refractivity (Wildman–Crippen MR) is 80.3 cm³/mol. The zero-order valence-corrected chi connectivity index (χ0v) is 11.5. The van der Waals surface area contributed by atoms with Crippen LogP contribution in [-0.4, -0.2) is 16.9 Å². The fourth-order valence-corrected chi connectivity index (χ4v) is 2.00. The van der Waals surface area contributed by atoms with E-state index in [2.05, 4.69) is 22.4 Å². The fraction of sp³-hybridized carbons (Fsp3) is 0.250. The van der Waals surface area contributed by atoms with Crippen LogP contribution in [0.3, 0.4) is 0 Å². The lowest BCUT2D eigenvalue weighted by atomic mass is 10.1. The van der Waals surface area contributed by atoms with Gasteiger partial charge < -0.3 is 11.1 Å². The number of carbonyl (C=O) groups excluding carboxylic acids is 1. The van der Waals surface area contributed by atoms with Gasteiger partial charge in [0.1, 0.15) is 0 Å². The maximum absolute atomic E-state index is 12.0. The van der Waals surface area contributed by atoms with Crippen molar-refractivity contribution in [1.29, 1.82) is 0 Å². The van der Waals surface area contributed by atoms with Crippen molar-refractivity contribution in [3.05, 3.63) is 59.9 Å². The molecule has 4 heteroatoms. The SMILES string of the molecule is CC(CCc1ccccc1)NC(=O)c1ncccc1N. The van der Waals surface area contributed by atoms with Crippen molar-refractivity contribution < 1.29 is 4.79 Å². The van der Waals surface area contributed by atoms with Crippen LogP contribution in [0.2, 0.25) is 0 Å². The van der Waals surface area contributed by atoms with E-state index < -0.39 is 0 Å². The molecule has 0 fully saturated rings. The highest BCUT2D eigenvalue weighted by atomic mass is 16.1. The van der Waals surface area contributed by atoms with Crippen molar-refractivity contribution in [3.8, 4) is 0 Å². The first-order valence-corrected chi connectivity index (χ1v) is 6.72. The van der Waals surface area contributed by atoms with Crippen molar-refractivity contribution in [2.24, 2.45) is 0 Å². The molecule has 20 heavy (non-hydrogen) atoms. The van der Waals surface area contributed by atoms with Gasteiger partial charge in [-0.2, -0.15) is 0 Å². The van der Waals surface area contributed by atoms with Gasteiger partial charge in [-0.1, -0.05) is 30.3 Å². The Labute approximate surface area is 119 Å². The highest BCUT2D eigenvalue weighted by Crippen LogP contribution is 2.08. The molecule has 4 nitrogen and oxygen atoms in total. The van der Waals surface area contributed by atoms with E-state index in [0.717, 1.165) is 12.8 Å². The van der Waals surface area contributed by atoms with Crippen LogP contribution in [0.5, 0.6) is 0 Å². The zero-order valence-electron chi connectivity index (χ0n) is 11.5. The molecule has 104 valence electrons. The van der Waals surface area contributed by atoms with E-state index in [1.807, 2.05) is 25.1 Å². The summed E-state index contributed by atoms with van der Waals surface area (Å²) in [5, 5.41) is 2.93. The number of pyridine rings is 1. The largest absolute Gasteiger partial charge is 0.397 e. The summed E-state index contributed by atoms with van der Waals surface area (Å²) in [6, 6.07) is 13.7. The van der Waals surface area contributed by atoms with E-state index in [4.69, 9.17) is 5.73 Å². The number of hydrogen-bond donors (Lipinski definition) is 2. The lowest BCUT2D eigenvalue weighted by molar-refractivity contribution is 0.0934. The first kappa shape index (κ1) is 14.1. The quantitative estimate of drug-likeness (QED) is 0.876. The number of aryl methyl sites for hydroxylation is 1. The number of nitrogens with two attached hydrogens (primary N) is 1. The van der Waals surface area contributed by atoms with Gasteiger partial charge in [0.2, 0.25) is 0 Å². The van der Waals surface area contributed by atoms with E-state index in [1.165, 1.54) is 5.56 Å². The molecule has 1 atom stereocenters. The Balaban J connectivity index is 1.87. The summed E-state index contributed by atoms with van der Waals surface area (Å²) in [6.07, 6.45) is 3.38. The molecule has 0 bridgehead atoms. The number of nitrogens with zero attached hydrogens (tertiary/aromatic N) is 1. The van der Waals surface area contributed by atoms with Crippen molar-refractivity contribution in [1.82, 2.24) is 10.3 Å². The molecule has 0 aliphatic heterocycles. The van der Waals surface area contributed by atoms with Crippen LogP contribution in [0.1, 0.15) is 29.4 Å².